The van der Waals surface area contributed by atoms with Crippen LogP contribution in [0.3, 0.4) is 0 Å². The van der Waals surface area contributed by atoms with Gasteiger partial charge in [0, 0.05) is 12.3 Å². The van der Waals surface area contributed by atoms with Crippen LogP contribution in [0, 0.1) is 20.8 Å². The highest BCUT2D eigenvalue weighted by atomic mass is 32.1. The van der Waals surface area contributed by atoms with E-state index in [1.807, 2.05) is 25.1 Å². The molecule has 0 spiro atoms. The molecule has 0 atom stereocenters. The lowest BCUT2D eigenvalue weighted by atomic mass is 10.1. The Hall–Kier alpha value is -3.06. The van der Waals surface area contributed by atoms with Gasteiger partial charge in [-0.15, -0.1) is 0 Å². The standard InChI is InChI=1S/C20H18N4O2S/c1-12-8-13(2)18-17(9-12)27-20(22-18)24(11-15-6-4-5-7-21-15)19(25)16-10-14(3)26-23-16/h4-10H,11H2,1-3H3. The summed E-state index contributed by atoms with van der Waals surface area (Å²) in [4.78, 5) is 23.8. The van der Waals surface area contributed by atoms with Crippen molar-refractivity contribution in [3.05, 3.63) is 70.9 Å². The molecule has 0 radical (unpaired) electrons. The van der Waals surface area contributed by atoms with Gasteiger partial charge < -0.3 is 4.52 Å². The van der Waals surface area contributed by atoms with Crippen molar-refractivity contribution in [1.82, 2.24) is 15.1 Å². The Morgan fingerprint density at radius 3 is 2.74 bits per heavy atom. The Bertz CT molecular complexity index is 1120. The number of anilines is 1. The summed E-state index contributed by atoms with van der Waals surface area (Å²) in [6.07, 6.45) is 1.71. The van der Waals surface area contributed by atoms with E-state index in [-0.39, 0.29) is 11.6 Å². The summed E-state index contributed by atoms with van der Waals surface area (Å²) in [7, 11) is 0. The second-order valence-electron chi connectivity index (χ2n) is 6.46. The highest BCUT2D eigenvalue weighted by molar-refractivity contribution is 7.22. The van der Waals surface area contributed by atoms with Crippen LogP contribution in [-0.4, -0.2) is 21.0 Å². The number of hydrogen-bond acceptors (Lipinski definition) is 6. The van der Waals surface area contributed by atoms with Gasteiger partial charge in [-0.05, 0) is 50.1 Å². The summed E-state index contributed by atoms with van der Waals surface area (Å²) < 4.78 is 6.14. The number of pyridine rings is 1. The lowest BCUT2D eigenvalue weighted by molar-refractivity contribution is 0.0976. The van der Waals surface area contributed by atoms with Gasteiger partial charge in [0.1, 0.15) is 5.76 Å². The highest BCUT2D eigenvalue weighted by Crippen LogP contribution is 2.33. The molecule has 0 saturated carbocycles. The van der Waals surface area contributed by atoms with Crippen LogP contribution in [0.2, 0.25) is 0 Å². The second kappa shape index (κ2) is 6.92. The fourth-order valence-electron chi connectivity index (χ4n) is 2.96. The van der Waals surface area contributed by atoms with E-state index in [0.29, 0.717) is 17.4 Å². The summed E-state index contributed by atoms with van der Waals surface area (Å²) in [6.45, 7) is 6.16. The van der Waals surface area contributed by atoms with Gasteiger partial charge in [0.05, 0.1) is 22.5 Å². The van der Waals surface area contributed by atoms with E-state index in [0.717, 1.165) is 21.5 Å². The molecule has 0 bridgehead atoms. The molecular weight excluding hydrogens is 360 g/mol. The van der Waals surface area contributed by atoms with Crippen LogP contribution < -0.4 is 4.90 Å². The Balaban J connectivity index is 1.79. The van der Waals surface area contributed by atoms with Crippen molar-refractivity contribution in [2.75, 3.05) is 4.90 Å². The zero-order chi connectivity index (χ0) is 19.0. The van der Waals surface area contributed by atoms with Crippen LogP contribution in [0.15, 0.2) is 47.1 Å². The van der Waals surface area contributed by atoms with Crippen LogP contribution in [-0.2, 0) is 6.54 Å². The van der Waals surface area contributed by atoms with E-state index in [9.17, 15) is 4.79 Å². The third-order valence-corrected chi connectivity index (χ3v) is 5.21. The Kier molecular flexibility index (Phi) is 4.45. The molecule has 0 aliphatic heterocycles. The first-order valence-electron chi connectivity index (χ1n) is 8.54. The van der Waals surface area contributed by atoms with E-state index < -0.39 is 0 Å². The first kappa shape index (κ1) is 17.4. The minimum absolute atomic E-state index is 0.258. The van der Waals surface area contributed by atoms with Gasteiger partial charge in [0.15, 0.2) is 10.8 Å². The molecular formula is C20H18N4O2S. The minimum atomic E-state index is -0.258. The van der Waals surface area contributed by atoms with Crippen molar-refractivity contribution in [3.63, 3.8) is 0 Å². The van der Waals surface area contributed by atoms with Gasteiger partial charge in [-0.2, -0.15) is 0 Å². The summed E-state index contributed by atoms with van der Waals surface area (Å²) in [5, 5.41) is 4.50. The largest absolute Gasteiger partial charge is 0.361 e. The van der Waals surface area contributed by atoms with E-state index in [2.05, 4.69) is 29.2 Å². The number of amides is 1. The molecule has 0 fully saturated rings. The van der Waals surface area contributed by atoms with Crippen molar-refractivity contribution >= 4 is 32.6 Å². The first-order valence-corrected chi connectivity index (χ1v) is 9.36. The molecule has 4 rings (SSSR count). The summed E-state index contributed by atoms with van der Waals surface area (Å²) in [5.41, 5.74) is 4.21. The van der Waals surface area contributed by atoms with Crippen molar-refractivity contribution in [3.8, 4) is 0 Å². The zero-order valence-corrected chi connectivity index (χ0v) is 16.1. The maximum Gasteiger partial charge on any atom is 0.282 e. The molecule has 3 heterocycles. The molecule has 0 aliphatic carbocycles. The zero-order valence-electron chi connectivity index (χ0n) is 15.3. The van der Waals surface area contributed by atoms with Gasteiger partial charge >= 0.3 is 0 Å². The summed E-state index contributed by atoms with van der Waals surface area (Å²) in [6, 6.07) is 11.5. The molecule has 7 heteroatoms. The van der Waals surface area contributed by atoms with Crippen LogP contribution in [0.4, 0.5) is 5.13 Å². The average Bonchev–Trinajstić information content (AvgIpc) is 3.26. The van der Waals surface area contributed by atoms with Crippen LogP contribution in [0.1, 0.15) is 33.1 Å². The van der Waals surface area contributed by atoms with E-state index in [1.54, 1.807) is 24.1 Å². The van der Waals surface area contributed by atoms with Gasteiger partial charge in [-0.25, -0.2) is 4.98 Å². The number of hydrogen-bond donors (Lipinski definition) is 0. The maximum absolute atomic E-state index is 13.1. The number of carbonyl (C=O) groups excluding carboxylic acids is 1. The average molecular weight is 378 g/mol. The first-order chi connectivity index (χ1) is 13.0. The predicted octanol–water partition coefficient (Wildman–Crippen LogP) is 4.45. The molecule has 0 unspecified atom stereocenters. The molecule has 136 valence electrons. The van der Waals surface area contributed by atoms with Crippen LogP contribution in [0.25, 0.3) is 10.2 Å². The molecule has 3 aromatic heterocycles. The molecule has 1 aromatic carbocycles. The smallest absolute Gasteiger partial charge is 0.282 e. The van der Waals surface area contributed by atoms with Crippen molar-refractivity contribution in [2.45, 2.75) is 27.3 Å². The minimum Gasteiger partial charge on any atom is -0.361 e. The van der Waals surface area contributed by atoms with Gasteiger partial charge in [0.25, 0.3) is 5.91 Å². The van der Waals surface area contributed by atoms with Gasteiger partial charge in [-0.1, -0.05) is 28.6 Å². The fourth-order valence-corrected chi connectivity index (χ4v) is 4.10. The van der Waals surface area contributed by atoms with Gasteiger partial charge in [0.2, 0.25) is 0 Å². The highest BCUT2D eigenvalue weighted by Gasteiger charge is 2.25. The fraction of sp³-hybridized carbons (Fsp3) is 0.200. The number of aromatic nitrogens is 3. The summed E-state index contributed by atoms with van der Waals surface area (Å²) >= 11 is 1.49. The molecule has 27 heavy (non-hydrogen) atoms. The number of rotatable bonds is 4. The molecule has 4 aromatic rings. The Morgan fingerprint density at radius 2 is 2.04 bits per heavy atom. The topological polar surface area (TPSA) is 72.1 Å². The van der Waals surface area contributed by atoms with Gasteiger partial charge in [-0.3, -0.25) is 14.7 Å². The van der Waals surface area contributed by atoms with Crippen molar-refractivity contribution in [2.24, 2.45) is 0 Å². The number of aryl methyl sites for hydroxylation is 3. The monoisotopic (exact) mass is 378 g/mol. The Morgan fingerprint density at radius 1 is 1.19 bits per heavy atom. The molecule has 1 amide bonds. The van der Waals surface area contributed by atoms with Crippen molar-refractivity contribution in [1.29, 1.82) is 0 Å². The molecule has 0 saturated heterocycles. The van der Waals surface area contributed by atoms with E-state index in [4.69, 9.17) is 9.51 Å². The second-order valence-corrected chi connectivity index (χ2v) is 7.47. The lowest BCUT2D eigenvalue weighted by Gasteiger charge is -2.18. The van der Waals surface area contributed by atoms with Crippen molar-refractivity contribution < 1.29 is 9.32 Å². The van der Waals surface area contributed by atoms with Crippen LogP contribution in [0.5, 0.6) is 0 Å². The Labute approximate surface area is 160 Å². The molecule has 6 nitrogen and oxygen atoms in total. The summed E-state index contributed by atoms with van der Waals surface area (Å²) in [5.74, 6) is 0.331. The van der Waals surface area contributed by atoms with E-state index in [1.165, 1.54) is 16.9 Å². The predicted molar refractivity (Wildman–Crippen MR) is 105 cm³/mol. The quantitative estimate of drug-likeness (QED) is 0.524. The normalized spacial score (nSPS) is 11.1. The number of thiazole rings is 1. The van der Waals surface area contributed by atoms with Crippen LogP contribution >= 0.6 is 11.3 Å². The number of fused-ring (bicyclic) bond motifs is 1. The third kappa shape index (κ3) is 3.46. The maximum atomic E-state index is 13.1. The lowest BCUT2D eigenvalue weighted by Crippen LogP contribution is -2.31. The number of benzene rings is 1. The SMILES string of the molecule is Cc1cc(C)c2nc(N(Cc3ccccn3)C(=O)c3cc(C)on3)sc2c1. The molecule has 0 aliphatic rings. The molecule has 0 N–H and O–H groups in total. The number of nitrogens with zero attached hydrogens (tertiary/aromatic N) is 4. The van der Waals surface area contributed by atoms with E-state index >= 15 is 0 Å². The number of carbonyl (C=O) groups is 1. The third-order valence-electron chi connectivity index (χ3n) is 4.19.